The van der Waals surface area contributed by atoms with Crippen LogP contribution in [0, 0.1) is 23.2 Å². The largest absolute Gasteiger partial charge is 0.393 e. The van der Waals surface area contributed by atoms with E-state index in [1.807, 2.05) is 15.9 Å². The van der Waals surface area contributed by atoms with E-state index in [1.165, 1.54) is 5.69 Å². The minimum absolute atomic E-state index is 0.0359. The Hall–Kier alpha value is -2.28. The fraction of sp³-hybridized carbons (Fsp3) is 0.704. The molecule has 1 aromatic rings. The number of hydrogen-bond donors (Lipinski definition) is 2. The highest BCUT2D eigenvalue weighted by Gasteiger charge is 2.58. The number of carbonyl (C=O) groups excluding carboxylic acids is 2. The summed E-state index contributed by atoms with van der Waals surface area (Å²) in [6.45, 7) is 4.54. The number of urea groups is 1. The molecule has 184 valence electrons. The minimum atomic E-state index is -0.282. The third kappa shape index (κ3) is 3.96. The number of carbonyl (C=O) groups is 2. The highest BCUT2D eigenvalue weighted by molar-refractivity contribution is 5.83. The van der Waals surface area contributed by atoms with Crippen molar-refractivity contribution in [3.8, 4) is 0 Å². The Balaban J connectivity index is 1.04. The molecule has 0 spiro atoms. The first-order chi connectivity index (χ1) is 16.5. The lowest BCUT2D eigenvalue weighted by molar-refractivity contribution is -0.163. The fourth-order valence-electron chi connectivity index (χ4n) is 7.88. The molecule has 0 aromatic heterocycles. The summed E-state index contributed by atoms with van der Waals surface area (Å²) in [5.41, 5.74) is 0.933. The van der Waals surface area contributed by atoms with Crippen LogP contribution >= 0.6 is 0 Å². The van der Waals surface area contributed by atoms with E-state index in [9.17, 15) is 14.7 Å². The molecule has 3 atom stereocenters. The van der Waals surface area contributed by atoms with E-state index in [1.54, 1.807) is 0 Å². The average Bonchev–Trinajstić information content (AvgIpc) is 2.87. The van der Waals surface area contributed by atoms with Crippen molar-refractivity contribution in [3.05, 3.63) is 30.3 Å². The summed E-state index contributed by atoms with van der Waals surface area (Å²) in [6, 6.07) is 10.5. The normalized spacial score (nSPS) is 37.1. The van der Waals surface area contributed by atoms with Gasteiger partial charge in [-0.2, -0.15) is 0 Å². The standard InChI is InChI=1S/C27H38N4O3/c32-24-20-13-19-14-21(24)17-27(15-19,16-20)25(33)28-22-5-4-8-31(18-22)26(34)30-11-9-29(10-12-30)23-6-2-1-3-7-23/h1-3,6-7,19-22,24,32H,4-5,8-18H2,(H,28,33)/t19?,20?,21?,22-,24?,27?/m0/s1. The number of amides is 3. The molecule has 7 nitrogen and oxygen atoms in total. The Morgan fingerprint density at radius 2 is 1.62 bits per heavy atom. The predicted octanol–water partition coefficient (Wildman–Crippen LogP) is 2.70. The monoisotopic (exact) mass is 466 g/mol. The minimum Gasteiger partial charge on any atom is -0.393 e. The van der Waals surface area contributed by atoms with Crippen LogP contribution in [-0.2, 0) is 4.79 Å². The van der Waals surface area contributed by atoms with Gasteiger partial charge in [0.25, 0.3) is 0 Å². The quantitative estimate of drug-likeness (QED) is 0.718. The Kier molecular flexibility index (Phi) is 5.71. The number of nitrogens with zero attached hydrogens (tertiary/aromatic N) is 3. The van der Waals surface area contributed by atoms with Crippen molar-refractivity contribution in [1.29, 1.82) is 0 Å². The summed E-state index contributed by atoms with van der Waals surface area (Å²) in [7, 11) is 0. The number of rotatable bonds is 3. The second-order valence-electron chi connectivity index (χ2n) is 11.6. The topological polar surface area (TPSA) is 76.1 Å². The van der Waals surface area contributed by atoms with E-state index in [4.69, 9.17) is 0 Å². The molecule has 7 heteroatoms. The molecule has 4 aliphatic carbocycles. The van der Waals surface area contributed by atoms with Crippen molar-refractivity contribution >= 4 is 17.6 Å². The van der Waals surface area contributed by atoms with Gasteiger partial charge >= 0.3 is 6.03 Å². The van der Waals surface area contributed by atoms with Crippen LogP contribution in [0.4, 0.5) is 10.5 Å². The zero-order chi connectivity index (χ0) is 23.3. The van der Waals surface area contributed by atoms with Crippen molar-refractivity contribution in [2.75, 3.05) is 44.2 Å². The lowest BCUT2D eigenvalue weighted by atomic mass is 9.48. The summed E-state index contributed by atoms with van der Waals surface area (Å²) in [5.74, 6) is 1.40. The van der Waals surface area contributed by atoms with Gasteiger partial charge < -0.3 is 25.1 Å². The zero-order valence-electron chi connectivity index (χ0n) is 20.1. The van der Waals surface area contributed by atoms with Gasteiger partial charge in [0, 0.05) is 51.0 Å². The lowest BCUT2D eigenvalue weighted by Crippen LogP contribution is -2.61. The van der Waals surface area contributed by atoms with Crippen LogP contribution in [0.5, 0.6) is 0 Å². The molecule has 2 aliphatic heterocycles. The summed E-state index contributed by atoms with van der Waals surface area (Å²) in [6.07, 6.45) is 6.52. The number of aliphatic hydroxyl groups is 1. The van der Waals surface area contributed by atoms with E-state index in [2.05, 4.69) is 34.5 Å². The Morgan fingerprint density at radius 3 is 2.32 bits per heavy atom. The molecule has 6 fully saturated rings. The van der Waals surface area contributed by atoms with Crippen molar-refractivity contribution in [3.63, 3.8) is 0 Å². The van der Waals surface area contributed by atoms with Gasteiger partial charge in [-0.1, -0.05) is 18.2 Å². The molecular weight excluding hydrogens is 428 g/mol. The van der Waals surface area contributed by atoms with Crippen molar-refractivity contribution in [2.24, 2.45) is 23.2 Å². The Labute approximate surface area is 202 Å². The second kappa shape index (κ2) is 8.74. The predicted molar refractivity (Wildman–Crippen MR) is 130 cm³/mol. The van der Waals surface area contributed by atoms with Gasteiger partial charge in [-0.15, -0.1) is 0 Å². The molecule has 1 aromatic carbocycles. The van der Waals surface area contributed by atoms with Gasteiger partial charge in [-0.25, -0.2) is 4.79 Å². The highest BCUT2D eigenvalue weighted by Crippen LogP contribution is 2.60. The number of likely N-dealkylation sites (tertiary alicyclic amines) is 1. The van der Waals surface area contributed by atoms with Crippen LogP contribution in [0.25, 0.3) is 0 Å². The number of hydrogen-bond acceptors (Lipinski definition) is 4. The molecule has 6 aliphatic rings. The van der Waals surface area contributed by atoms with Gasteiger partial charge in [0.2, 0.25) is 5.91 Å². The molecule has 7 rings (SSSR count). The van der Waals surface area contributed by atoms with Crippen LogP contribution in [0.1, 0.15) is 44.9 Å². The number of para-hydroxylation sites is 1. The van der Waals surface area contributed by atoms with Crippen LogP contribution in [0.2, 0.25) is 0 Å². The molecule has 2 heterocycles. The zero-order valence-corrected chi connectivity index (χ0v) is 20.1. The molecule has 2 N–H and O–H groups in total. The number of piperidine rings is 1. The first-order valence-electron chi connectivity index (χ1n) is 13.3. The van der Waals surface area contributed by atoms with Gasteiger partial charge in [0.15, 0.2) is 0 Å². The Morgan fingerprint density at radius 1 is 0.912 bits per heavy atom. The maximum absolute atomic E-state index is 13.5. The van der Waals surface area contributed by atoms with E-state index in [0.717, 1.165) is 77.7 Å². The van der Waals surface area contributed by atoms with E-state index in [0.29, 0.717) is 24.3 Å². The van der Waals surface area contributed by atoms with Gasteiger partial charge in [-0.05, 0) is 74.8 Å². The third-order valence-corrected chi connectivity index (χ3v) is 9.40. The molecule has 0 radical (unpaired) electrons. The van der Waals surface area contributed by atoms with Crippen LogP contribution in [-0.4, -0.2) is 78.3 Å². The molecule has 34 heavy (non-hydrogen) atoms. The molecule has 2 saturated heterocycles. The first kappa shape index (κ1) is 22.2. The molecular formula is C27H38N4O3. The van der Waals surface area contributed by atoms with Crippen LogP contribution in [0.3, 0.4) is 0 Å². The van der Waals surface area contributed by atoms with E-state index >= 15 is 0 Å². The van der Waals surface area contributed by atoms with Gasteiger partial charge in [-0.3, -0.25) is 4.79 Å². The van der Waals surface area contributed by atoms with E-state index in [-0.39, 0.29) is 29.5 Å². The average molecular weight is 467 g/mol. The van der Waals surface area contributed by atoms with E-state index < -0.39 is 0 Å². The SMILES string of the molecule is O=C(N1CCN(c2ccccc2)CC1)N1CCC[C@H](NC(=O)C23CC4CC(C2)C(O)C(C4)C3)C1. The van der Waals surface area contributed by atoms with Gasteiger partial charge in [0.1, 0.15) is 0 Å². The lowest BCUT2D eigenvalue weighted by Gasteiger charge is -2.58. The number of piperazine rings is 1. The van der Waals surface area contributed by atoms with Crippen molar-refractivity contribution < 1.29 is 14.7 Å². The molecule has 4 bridgehead atoms. The maximum atomic E-state index is 13.5. The second-order valence-corrected chi connectivity index (χ2v) is 11.6. The first-order valence-corrected chi connectivity index (χ1v) is 13.3. The number of nitrogens with one attached hydrogen (secondary N) is 1. The molecule has 2 unspecified atom stereocenters. The smallest absolute Gasteiger partial charge is 0.320 e. The summed E-state index contributed by atoms with van der Waals surface area (Å²) in [5, 5.41) is 13.9. The fourth-order valence-corrected chi connectivity index (χ4v) is 7.88. The molecule has 3 amide bonds. The number of aliphatic hydroxyl groups excluding tert-OH is 1. The maximum Gasteiger partial charge on any atom is 0.320 e. The third-order valence-electron chi connectivity index (χ3n) is 9.40. The van der Waals surface area contributed by atoms with Crippen LogP contribution < -0.4 is 10.2 Å². The summed E-state index contributed by atoms with van der Waals surface area (Å²) >= 11 is 0. The van der Waals surface area contributed by atoms with Crippen LogP contribution in [0.15, 0.2) is 30.3 Å². The van der Waals surface area contributed by atoms with Crippen molar-refractivity contribution in [2.45, 2.75) is 57.1 Å². The number of anilines is 1. The van der Waals surface area contributed by atoms with Crippen molar-refractivity contribution in [1.82, 2.24) is 15.1 Å². The molecule has 4 saturated carbocycles. The number of benzene rings is 1. The highest BCUT2D eigenvalue weighted by atomic mass is 16.3. The summed E-state index contributed by atoms with van der Waals surface area (Å²) < 4.78 is 0. The van der Waals surface area contributed by atoms with Gasteiger partial charge in [0.05, 0.1) is 11.5 Å². The summed E-state index contributed by atoms with van der Waals surface area (Å²) in [4.78, 5) is 33.1. The Bertz CT molecular complexity index is 900.